The number of nitrogens with zero attached hydrogens (tertiary/aromatic N) is 3. The van der Waals surface area contributed by atoms with Crippen molar-refractivity contribution in [3.05, 3.63) is 18.7 Å². The highest BCUT2D eigenvalue weighted by Gasteiger charge is 2.20. The number of aromatic nitrogens is 2. The van der Waals surface area contributed by atoms with Crippen LogP contribution >= 0.6 is 0 Å². The molecule has 0 aliphatic heterocycles. The maximum atomic E-state index is 11.9. The Bertz CT molecular complexity index is 500. The van der Waals surface area contributed by atoms with Crippen LogP contribution in [0.5, 0.6) is 0 Å². The van der Waals surface area contributed by atoms with Gasteiger partial charge in [0.25, 0.3) is 10.2 Å². The molecule has 0 saturated carbocycles. The molecule has 1 unspecified atom stereocenters. The number of hydrogen-bond donors (Lipinski definition) is 2. The summed E-state index contributed by atoms with van der Waals surface area (Å²) >= 11 is 0. The van der Waals surface area contributed by atoms with Crippen LogP contribution in [0.4, 0.5) is 0 Å². The highest BCUT2D eigenvalue weighted by atomic mass is 32.2. The Morgan fingerprint density at radius 3 is 2.79 bits per heavy atom. The van der Waals surface area contributed by atoms with Crippen LogP contribution < -0.4 is 4.72 Å². The second-order valence-electron chi connectivity index (χ2n) is 4.25. The predicted molar refractivity (Wildman–Crippen MR) is 68.6 cm³/mol. The molecule has 0 spiro atoms. The van der Waals surface area contributed by atoms with Crippen molar-refractivity contribution in [1.29, 1.82) is 0 Å². The summed E-state index contributed by atoms with van der Waals surface area (Å²) < 4.78 is 29.0. The molecular weight excluding hydrogens is 272 g/mol. The number of rotatable bonds is 8. The predicted octanol–water partition coefficient (Wildman–Crippen LogP) is -0.487. The molecule has 1 aromatic heterocycles. The summed E-state index contributed by atoms with van der Waals surface area (Å²) in [5.74, 6) is -1.03. The van der Waals surface area contributed by atoms with Gasteiger partial charge in [-0.05, 0) is 6.92 Å². The number of nitrogens with one attached hydrogen (secondary N) is 1. The third kappa shape index (κ3) is 5.37. The van der Waals surface area contributed by atoms with Gasteiger partial charge < -0.3 is 9.67 Å². The van der Waals surface area contributed by atoms with E-state index in [1.807, 2.05) is 0 Å². The largest absolute Gasteiger partial charge is 0.481 e. The lowest BCUT2D eigenvalue weighted by Crippen LogP contribution is -2.44. The number of imidazole rings is 1. The van der Waals surface area contributed by atoms with Crippen molar-refractivity contribution in [2.75, 3.05) is 13.6 Å². The van der Waals surface area contributed by atoms with E-state index in [4.69, 9.17) is 5.11 Å². The van der Waals surface area contributed by atoms with E-state index in [2.05, 4.69) is 9.71 Å². The summed E-state index contributed by atoms with van der Waals surface area (Å²) in [6.07, 6.45) is 4.71. The van der Waals surface area contributed by atoms with Gasteiger partial charge in [0, 0.05) is 38.6 Å². The van der Waals surface area contributed by atoms with Crippen LogP contribution in [0, 0.1) is 0 Å². The molecule has 0 bridgehead atoms. The Balaban J connectivity index is 2.51. The maximum absolute atomic E-state index is 11.9. The van der Waals surface area contributed by atoms with Crippen LogP contribution in [0.3, 0.4) is 0 Å². The summed E-state index contributed by atoms with van der Waals surface area (Å²) in [5, 5.41) is 8.53. The zero-order valence-corrected chi connectivity index (χ0v) is 11.7. The van der Waals surface area contributed by atoms with Crippen LogP contribution in [-0.4, -0.2) is 53.0 Å². The van der Waals surface area contributed by atoms with E-state index in [1.54, 1.807) is 30.2 Å². The smallest absolute Gasteiger partial charge is 0.304 e. The molecule has 19 heavy (non-hydrogen) atoms. The normalized spacial score (nSPS) is 13.6. The molecular formula is C10H18N4O4S. The van der Waals surface area contributed by atoms with E-state index >= 15 is 0 Å². The van der Waals surface area contributed by atoms with Crippen molar-refractivity contribution in [2.24, 2.45) is 0 Å². The van der Waals surface area contributed by atoms with Crippen LogP contribution in [0.1, 0.15) is 13.3 Å². The Hall–Kier alpha value is -1.45. The number of carboxylic acids is 1. The standard InChI is InChI=1S/C10H18N4O4S/c1-9(7-14-6-4-11-8-14)12-19(17,18)13(2)5-3-10(15)16/h4,6,8-9,12H,3,5,7H2,1-2H3,(H,15,16). The molecule has 0 aliphatic carbocycles. The monoisotopic (exact) mass is 290 g/mol. The van der Waals surface area contributed by atoms with Crippen molar-refractivity contribution < 1.29 is 18.3 Å². The average molecular weight is 290 g/mol. The van der Waals surface area contributed by atoms with Gasteiger partial charge >= 0.3 is 5.97 Å². The van der Waals surface area contributed by atoms with Gasteiger partial charge in [-0.25, -0.2) is 4.98 Å². The van der Waals surface area contributed by atoms with Crippen LogP contribution in [0.25, 0.3) is 0 Å². The first kappa shape index (κ1) is 15.6. The number of aliphatic carboxylic acids is 1. The summed E-state index contributed by atoms with van der Waals surface area (Å²) in [6, 6.07) is -0.327. The van der Waals surface area contributed by atoms with E-state index in [0.29, 0.717) is 6.54 Å². The first-order valence-corrected chi connectivity index (χ1v) is 7.16. The molecule has 0 radical (unpaired) electrons. The summed E-state index contributed by atoms with van der Waals surface area (Å²) in [6.45, 7) is 2.11. The Labute approximate surface area is 112 Å². The van der Waals surface area contributed by atoms with Gasteiger partial charge in [0.15, 0.2) is 0 Å². The Kier molecular flexibility index (Phi) is 5.45. The third-order valence-corrected chi connectivity index (χ3v) is 4.15. The number of carboxylic acid groups (broad SMARTS) is 1. The molecule has 0 fully saturated rings. The SMILES string of the molecule is CC(Cn1ccnc1)NS(=O)(=O)N(C)CCC(=O)O. The fourth-order valence-electron chi connectivity index (χ4n) is 1.47. The van der Waals surface area contributed by atoms with Gasteiger partial charge in [-0.1, -0.05) is 0 Å². The minimum Gasteiger partial charge on any atom is -0.481 e. The average Bonchev–Trinajstić information content (AvgIpc) is 2.77. The molecule has 2 N–H and O–H groups in total. The number of hydrogen-bond acceptors (Lipinski definition) is 4. The zero-order chi connectivity index (χ0) is 14.5. The molecule has 8 nitrogen and oxygen atoms in total. The van der Waals surface area contributed by atoms with E-state index < -0.39 is 16.2 Å². The fourth-order valence-corrected chi connectivity index (χ4v) is 2.56. The third-order valence-electron chi connectivity index (χ3n) is 2.44. The second kappa shape index (κ2) is 6.64. The fraction of sp³-hybridized carbons (Fsp3) is 0.600. The van der Waals surface area contributed by atoms with E-state index in [9.17, 15) is 13.2 Å². The quantitative estimate of drug-likeness (QED) is 0.672. The first-order chi connectivity index (χ1) is 8.81. The van der Waals surface area contributed by atoms with Crippen molar-refractivity contribution in [1.82, 2.24) is 18.6 Å². The zero-order valence-electron chi connectivity index (χ0n) is 10.9. The van der Waals surface area contributed by atoms with E-state index in [0.717, 1.165) is 4.31 Å². The van der Waals surface area contributed by atoms with Crippen LogP contribution in [0.15, 0.2) is 18.7 Å². The van der Waals surface area contributed by atoms with Gasteiger partial charge in [0.05, 0.1) is 12.7 Å². The lowest BCUT2D eigenvalue weighted by molar-refractivity contribution is -0.137. The van der Waals surface area contributed by atoms with E-state index in [1.165, 1.54) is 7.05 Å². The first-order valence-electron chi connectivity index (χ1n) is 5.72. The molecule has 9 heteroatoms. The molecule has 0 saturated heterocycles. The maximum Gasteiger partial charge on any atom is 0.304 e. The highest BCUT2D eigenvalue weighted by molar-refractivity contribution is 7.87. The highest BCUT2D eigenvalue weighted by Crippen LogP contribution is 2.00. The van der Waals surface area contributed by atoms with Crippen LogP contribution in [-0.2, 0) is 21.5 Å². The van der Waals surface area contributed by atoms with Gasteiger partial charge in [-0.3, -0.25) is 4.79 Å². The Morgan fingerprint density at radius 1 is 1.58 bits per heavy atom. The summed E-state index contributed by atoms with van der Waals surface area (Å²) in [4.78, 5) is 14.3. The lowest BCUT2D eigenvalue weighted by Gasteiger charge is -2.20. The summed E-state index contributed by atoms with van der Waals surface area (Å²) in [5.41, 5.74) is 0. The molecule has 1 atom stereocenters. The molecule has 1 heterocycles. The van der Waals surface area contributed by atoms with Gasteiger partial charge in [-0.2, -0.15) is 17.4 Å². The molecule has 0 aliphatic rings. The van der Waals surface area contributed by atoms with Crippen LogP contribution in [0.2, 0.25) is 0 Å². The van der Waals surface area contributed by atoms with Crippen molar-refractivity contribution in [2.45, 2.75) is 25.9 Å². The van der Waals surface area contributed by atoms with Gasteiger partial charge in [0.1, 0.15) is 0 Å². The molecule has 1 rings (SSSR count). The lowest BCUT2D eigenvalue weighted by atomic mass is 10.4. The minimum atomic E-state index is -3.67. The summed E-state index contributed by atoms with van der Waals surface area (Å²) in [7, 11) is -2.33. The molecule has 0 amide bonds. The molecule has 1 aromatic rings. The van der Waals surface area contributed by atoms with Gasteiger partial charge in [-0.15, -0.1) is 0 Å². The molecule has 108 valence electrons. The van der Waals surface area contributed by atoms with Crippen molar-refractivity contribution in [3.8, 4) is 0 Å². The van der Waals surface area contributed by atoms with Gasteiger partial charge in [0.2, 0.25) is 0 Å². The Morgan fingerprint density at radius 2 is 2.26 bits per heavy atom. The van der Waals surface area contributed by atoms with E-state index in [-0.39, 0.29) is 19.0 Å². The second-order valence-corrected chi connectivity index (χ2v) is 6.06. The number of carbonyl (C=O) groups is 1. The van der Waals surface area contributed by atoms with Crippen molar-refractivity contribution >= 4 is 16.2 Å². The van der Waals surface area contributed by atoms with Crippen molar-refractivity contribution in [3.63, 3.8) is 0 Å². The minimum absolute atomic E-state index is 0.0670. The topological polar surface area (TPSA) is 105 Å². The molecule has 0 aromatic carbocycles.